The van der Waals surface area contributed by atoms with E-state index in [2.05, 4.69) is 4.98 Å². The molecule has 1 aromatic heterocycles. The molecule has 0 saturated carbocycles. The zero-order valence-electron chi connectivity index (χ0n) is 12.4. The number of nitrogens with two attached hydrogens (primary N) is 2. The number of rotatable bonds is 4. The van der Waals surface area contributed by atoms with Gasteiger partial charge in [0.1, 0.15) is 0 Å². The number of hydrogen-bond donors (Lipinski definition) is 2. The Kier molecular flexibility index (Phi) is 4.42. The third-order valence-electron chi connectivity index (χ3n) is 3.45. The van der Waals surface area contributed by atoms with Gasteiger partial charge in [-0.3, -0.25) is 9.78 Å². The molecule has 1 aromatic carbocycles. The summed E-state index contributed by atoms with van der Waals surface area (Å²) in [5.74, 6) is -0.677. The molecule has 122 valence electrons. The van der Waals surface area contributed by atoms with Gasteiger partial charge < -0.3 is 11.5 Å². The Bertz CT molecular complexity index is 727. The molecule has 0 unspecified atom stereocenters. The first-order valence-corrected chi connectivity index (χ1v) is 6.81. The molecule has 2 aromatic rings. The predicted molar refractivity (Wildman–Crippen MR) is 80.2 cm³/mol. The summed E-state index contributed by atoms with van der Waals surface area (Å²) in [4.78, 5) is 15.4. The van der Waals surface area contributed by atoms with Crippen LogP contribution in [0.2, 0.25) is 0 Å². The molecule has 0 aliphatic heterocycles. The molecule has 1 amide bonds. The maximum Gasteiger partial charge on any atom is 0.416 e. The molecule has 2 rings (SSSR count). The number of hydrogen-bond acceptors (Lipinski definition) is 3. The van der Waals surface area contributed by atoms with E-state index in [9.17, 15) is 18.0 Å². The van der Waals surface area contributed by atoms with Crippen LogP contribution in [0, 0.1) is 0 Å². The summed E-state index contributed by atoms with van der Waals surface area (Å²) in [5, 5.41) is 0. The van der Waals surface area contributed by atoms with E-state index in [-0.39, 0.29) is 6.42 Å². The van der Waals surface area contributed by atoms with Crippen LogP contribution in [0.5, 0.6) is 0 Å². The fourth-order valence-electron chi connectivity index (χ4n) is 2.09. The second-order valence-electron chi connectivity index (χ2n) is 5.57. The summed E-state index contributed by atoms with van der Waals surface area (Å²) in [6.45, 7) is 1.48. The Morgan fingerprint density at radius 3 is 2.43 bits per heavy atom. The molecule has 0 spiro atoms. The summed E-state index contributed by atoms with van der Waals surface area (Å²) in [6, 6.07) is 8.18. The molecule has 1 atom stereocenters. The molecule has 0 radical (unpaired) electrons. The van der Waals surface area contributed by atoms with E-state index in [1.54, 1.807) is 18.2 Å². The van der Waals surface area contributed by atoms with Gasteiger partial charge in [0.2, 0.25) is 5.91 Å². The first-order chi connectivity index (χ1) is 10.6. The fourth-order valence-corrected chi connectivity index (χ4v) is 2.09. The van der Waals surface area contributed by atoms with Gasteiger partial charge in [-0.05, 0) is 42.3 Å². The van der Waals surface area contributed by atoms with Crippen LogP contribution in [0.1, 0.15) is 18.2 Å². The normalized spacial score (nSPS) is 14.3. The van der Waals surface area contributed by atoms with Gasteiger partial charge in [-0.1, -0.05) is 12.1 Å². The average molecular weight is 323 g/mol. The highest BCUT2D eigenvalue weighted by molar-refractivity contribution is 5.84. The summed E-state index contributed by atoms with van der Waals surface area (Å²) in [7, 11) is 0. The van der Waals surface area contributed by atoms with Crippen LogP contribution >= 0.6 is 0 Å². The molecular formula is C16H16F3N3O. The first-order valence-electron chi connectivity index (χ1n) is 6.81. The fraction of sp³-hybridized carbons (Fsp3) is 0.250. The number of pyridine rings is 1. The monoisotopic (exact) mass is 323 g/mol. The smallest absolute Gasteiger partial charge is 0.368 e. The zero-order chi connectivity index (χ0) is 17.3. The number of benzene rings is 1. The van der Waals surface area contributed by atoms with E-state index >= 15 is 0 Å². The molecule has 0 aliphatic rings. The molecule has 4 nitrogen and oxygen atoms in total. The van der Waals surface area contributed by atoms with E-state index < -0.39 is 23.2 Å². The van der Waals surface area contributed by atoms with E-state index in [4.69, 9.17) is 11.5 Å². The molecule has 1 heterocycles. The minimum absolute atomic E-state index is 0.0924. The Hall–Kier alpha value is -2.41. The third-order valence-corrected chi connectivity index (χ3v) is 3.45. The van der Waals surface area contributed by atoms with E-state index in [1.165, 1.54) is 19.2 Å². The number of primary amides is 1. The highest BCUT2D eigenvalue weighted by Crippen LogP contribution is 2.32. The van der Waals surface area contributed by atoms with Gasteiger partial charge in [-0.2, -0.15) is 13.2 Å². The van der Waals surface area contributed by atoms with Crippen LogP contribution in [-0.4, -0.2) is 16.4 Å². The Labute approximate surface area is 131 Å². The van der Waals surface area contributed by atoms with Crippen LogP contribution in [0.4, 0.5) is 13.2 Å². The number of carbonyl (C=O) groups excluding carboxylic acids is 1. The highest BCUT2D eigenvalue weighted by Gasteiger charge is 2.30. The maximum atomic E-state index is 12.8. The molecule has 4 N–H and O–H groups in total. The first kappa shape index (κ1) is 17.0. The number of nitrogens with zero attached hydrogens (tertiary/aromatic N) is 1. The molecule has 23 heavy (non-hydrogen) atoms. The van der Waals surface area contributed by atoms with Crippen molar-refractivity contribution in [2.75, 3.05) is 0 Å². The van der Waals surface area contributed by atoms with Crippen molar-refractivity contribution in [3.63, 3.8) is 0 Å². The van der Waals surface area contributed by atoms with Crippen LogP contribution in [0.15, 0.2) is 42.6 Å². The topological polar surface area (TPSA) is 82.0 Å². The number of alkyl halides is 3. The Morgan fingerprint density at radius 1 is 1.17 bits per heavy atom. The van der Waals surface area contributed by atoms with Crippen LogP contribution in [0.3, 0.4) is 0 Å². The number of halogens is 3. The third kappa shape index (κ3) is 4.07. The van der Waals surface area contributed by atoms with Crippen molar-refractivity contribution in [2.45, 2.75) is 25.1 Å². The van der Waals surface area contributed by atoms with Crippen molar-refractivity contribution in [3.05, 3.63) is 53.9 Å². The standard InChI is InChI=1S/C16H16F3N3O/c1-15(21,14(20)23)9-13-8-11(5-6-22-13)10-3-2-4-12(7-10)16(17,18)19/h2-8H,9,21H2,1H3,(H2,20,23)/t15-/m1/s1. The lowest BCUT2D eigenvalue weighted by Crippen LogP contribution is -2.51. The number of amides is 1. The summed E-state index contributed by atoms with van der Waals surface area (Å²) >= 11 is 0. The van der Waals surface area contributed by atoms with Crippen molar-refractivity contribution in [2.24, 2.45) is 11.5 Å². The Morgan fingerprint density at radius 2 is 1.83 bits per heavy atom. The lowest BCUT2D eigenvalue weighted by atomic mass is 9.94. The summed E-state index contributed by atoms with van der Waals surface area (Å²) in [6.07, 6.45) is -2.86. The van der Waals surface area contributed by atoms with Gasteiger partial charge >= 0.3 is 6.18 Å². The van der Waals surface area contributed by atoms with Gasteiger partial charge in [0.05, 0.1) is 11.1 Å². The quantitative estimate of drug-likeness (QED) is 0.907. The molecule has 0 bridgehead atoms. The largest absolute Gasteiger partial charge is 0.416 e. The summed E-state index contributed by atoms with van der Waals surface area (Å²) < 4.78 is 38.4. The number of carbonyl (C=O) groups is 1. The Balaban J connectivity index is 2.36. The van der Waals surface area contributed by atoms with Crippen molar-refractivity contribution < 1.29 is 18.0 Å². The molecule has 0 fully saturated rings. The van der Waals surface area contributed by atoms with Gasteiger partial charge in [-0.15, -0.1) is 0 Å². The van der Waals surface area contributed by atoms with Crippen LogP contribution < -0.4 is 11.5 Å². The van der Waals surface area contributed by atoms with Crippen LogP contribution in [0.25, 0.3) is 11.1 Å². The van der Waals surface area contributed by atoms with E-state index in [1.807, 2.05) is 0 Å². The van der Waals surface area contributed by atoms with Crippen LogP contribution in [-0.2, 0) is 17.4 Å². The van der Waals surface area contributed by atoms with Gasteiger partial charge in [-0.25, -0.2) is 0 Å². The lowest BCUT2D eigenvalue weighted by molar-refractivity contribution is -0.137. The predicted octanol–water partition coefficient (Wildman–Crippen LogP) is 2.51. The molecular weight excluding hydrogens is 307 g/mol. The second kappa shape index (κ2) is 6.00. The minimum atomic E-state index is -4.41. The van der Waals surface area contributed by atoms with Crippen molar-refractivity contribution in [3.8, 4) is 11.1 Å². The SMILES string of the molecule is C[C@@](N)(Cc1cc(-c2cccc(C(F)(F)F)c2)ccn1)C(N)=O. The zero-order valence-corrected chi connectivity index (χ0v) is 12.4. The van der Waals surface area contributed by atoms with Crippen molar-refractivity contribution in [1.82, 2.24) is 4.98 Å². The highest BCUT2D eigenvalue weighted by atomic mass is 19.4. The molecule has 0 saturated heterocycles. The van der Waals surface area contributed by atoms with E-state index in [0.29, 0.717) is 16.8 Å². The summed E-state index contributed by atoms with van der Waals surface area (Å²) in [5.41, 5.74) is 10.4. The molecule has 0 aliphatic carbocycles. The second-order valence-corrected chi connectivity index (χ2v) is 5.57. The van der Waals surface area contributed by atoms with Gasteiger partial charge in [0.25, 0.3) is 0 Å². The number of aromatic nitrogens is 1. The van der Waals surface area contributed by atoms with Gasteiger partial charge in [0.15, 0.2) is 0 Å². The lowest BCUT2D eigenvalue weighted by Gasteiger charge is -2.20. The maximum absolute atomic E-state index is 12.8. The molecule has 7 heteroatoms. The van der Waals surface area contributed by atoms with Gasteiger partial charge in [0, 0.05) is 18.3 Å². The minimum Gasteiger partial charge on any atom is -0.368 e. The average Bonchev–Trinajstić information content (AvgIpc) is 2.46. The van der Waals surface area contributed by atoms with Crippen molar-refractivity contribution >= 4 is 5.91 Å². The van der Waals surface area contributed by atoms with Crippen molar-refractivity contribution in [1.29, 1.82) is 0 Å². The van der Waals surface area contributed by atoms with E-state index in [0.717, 1.165) is 12.1 Å².